The van der Waals surface area contributed by atoms with Crippen LogP contribution >= 0.6 is 11.6 Å². The predicted octanol–water partition coefficient (Wildman–Crippen LogP) is 3.69. The maximum absolute atomic E-state index is 15.2. The third-order valence-electron chi connectivity index (χ3n) is 4.03. The molecule has 0 atom stereocenters. The van der Waals surface area contributed by atoms with Crippen molar-refractivity contribution in [2.45, 2.75) is 11.4 Å². The molecule has 0 saturated heterocycles. The first-order chi connectivity index (χ1) is 13.2. The van der Waals surface area contributed by atoms with E-state index in [9.17, 15) is 13.2 Å². The molecule has 0 aliphatic rings. The van der Waals surface area contributed by atoms with Crippen molar-refractivity contribution in [1.82, 2.24) is 13.9 Å². The molecule has 0 aliphatic carbocycles. The van der Waals surface area contributed by atoms with Gasteiger partial charge in [-0.05, 0) is 24.3 Å². The maximum atomic E-state index is 15.2. The van der Waals surface area contributed by atoms with Crippen molar-refractivity contribution in [3.8, 4) is 11.3 Å². The number of carboxylic acid groups (broad SMARTS) is 1. The summed E-state index contributed by atoms with van der Waals surface area (Å²) in [5.41, 5.74) is -0.347. The second-order valence-electron chi connectivity index (χ2n) is 5.91. The van der Waals surface area contributed by atoms with E-state index in [0.717, 1.165) is 15.1 Å². The number of amides is 1. The number of carbonyl (C=O) groups is 1. The van der Waals surface area contributed by atoms with Crippen molar-refractivity contribution in [3.63, 3.8) is 0 Å². The predicted molar refractivity (Wildman–Crippen MR) is 101 cm³/mol. The minimum Gasteiger partial charge on any atom is -0.465 e. The van der Waals surface area contributed by atoms with Gasteiger partial charge in [0.1, 0.15) is 10.8 Å². The smallest absolute Gasteiger partial charge is 0.407 e. The molecule has 0 saturated carbocycles. The van der Waals surface area contributed by atoms with E-state index in [-0.39, 0.29) is 33.4 Å². The molecule has 0 radical (unpaired) electrons. The second kappa shape index (κ2) is 7.61. The third-order valence-corrected chi connectivity index (χ3v) is 6.01. The van der Waals surface area contributed by atoms with E-state index >= 15 is 4.39 Å². The molecule has 1 N–H and O–H groups in total. The van der Waals surface area contributed by atoms with E-state index in [2.05, 4.69) is 4.98 Å². The lowest BCUT2D eigenvalue weighted by Gasteiger charge is -2.11. The highest BCUT2D eigenvalue weighted by Gasteiger charge is 2.28. The van der Waals surface area contributed by atoms with Crippen molar-refractivity contribution in [2.75, 3.05) is 7.05 Å². The summed E-state index contributed by atoms with van der Waals surface area (Å²) >= 11 is 6.07. The van der Waals surface area contributed by atoms with Crippen LogP contribution in [0.5, 0.6) is 0 Å². The summed E-state index contributed by atoms with van der Waals surface area (Å²) in [4.78, 5) is 15.8. The molecule has 2 heterocycles. The average molecular weight is 424 g/mol. The molecule has 0 bridgehead atoms. The van der Waals surface area contributed by atoms with Gasteiger partial charge >= 0.3 is 6.09 Å². The molecule has 1 aromatic carbocycles. The lowest BCUT2D eigenvalue weighted by Crippen LogP contribution is -2.24. The standard InChI is InChI=1S/C18H15ClFN3O4S/c1-22(18(24)25)10-12-11-23(28(26,27)13-6-3-2-4-7-13)16(15(12)20)14-8-5-9-21-17(14)19/h2-9,11H,10H2,1H3,(H,24,25). The Kier molecular flexibility index (Phi) is 5.39. The molecule has 1 amide bonds. The first-order valence-corrected chi connectivity index (χ1v) is 9.80. The van der Waals surface area contributed by atoms with Crippen LogP contribution in [-0.2, 0) is 16.6 Å². The molecule has 7 nitrogen and oxygen atoms in total. The van der Waals surface area contributed by atoms with E-state index in [1.165, 1.54) is 37.5 Å². The van der Waals surface area contributed by atoms with Gasteiger partial charge in [-0.15, -0.1) is 0 Å². The van der Waals surface area contributed by atoms with Gasteiger partial charge in [0, 0.05) is 30.6 Å². The van der Waals surface area contributed by atoms with Crippen LogP contribution in [0.4, 0.5) is 9.18 Å². The van der Waals surface area contributed by atoms with Gasteiger partial charge in [0.2, 0.25) is 0 Å². The van der Waals surface area contributed by atoms with Crippen LogP contribution in [0.15, 0.2) is 59.8 Å². The first kappa shape index (κ1) is 19.8. The molecule has 0 aliphatic heterocycles. The van der Waals surface area contributed by atoms with Gasteiger partial charge < -0.3 is 10.0 Å². The van der Waals surface area contributed by atoms with Gasteiger partial charge in [0.25, 0.3) is 10.0 Å². The molecule has 3 aromatic rings. The van der Waals surface area contributed by atoms with Gasteiger partial charge in [-0.25, -0.2) is 26.6 Å². The zero-order valence-electron chi connectivity index (χ0n) is 14.6. The summed E-state index contributed by atoms with van der Waals surface area (Å²) in [6.45, 7) is -0.344. The number of hydrogen-bond donors (Lipinski definition) is 1. The largest absolute Gasteiger partial charge is 0.465 e. The Bertz CT molecular complexity index is 1130. The van der Waals surface area contributed by atoms with Gasteiger partial charge in [-0.2, -0.15) is 0 Å². The number of nitrogens with zero attached hydrogens (tertiary/aromatic N) is 3. The Labute approximate surface area is 165 Å². The van der Waals surface area contributed by atoms with Crippen LogP contribution in [0.25, 0.3) is 11.3 Å². The molecule has 146 valence electrons. The number of hydrogen-bond acceptors (Lipinski definition) is 4. The molecule has 28 heavy (non-hydrogen) atoms. The molecular formula is C18H15ClFN3O4S. The molecule has 0 spiro atoms. The summed E-state index contributed by atoms with van der Waals surface area (Å²) in [7, 11) is -2.92. The van der Waals surface area contributed by atoms with E-state index < -0.39 is 21.9 Å². The van der Waals surface area contributed by atoms with Crippen molar-refractivity contribution < 1.29 is 22.7 Å². The number of pyridine rings is 1. The molecule has 2 aromatic heterocycles. The minimum absolute atomic E-state index is 0.0515. The van der Waals surface area contributed by atoms with Crippen molar-refractivity contribution >= 4 is 27.7 Å². The van der Waals surface area contributed by atoms with Crippen molar-refractivity contribution in [2.24, 2.45) is 0 Å². The molecule has 10 heteroatoms. The van der Waals surface area contributed by atoms with Gasteiger partial charge in [0.15, 0.2) is 5.82 Å². The highest BCUT2D eigenvalue weighted by atomic mass is 35.5. The molecule has 0 fully saturated rings. The lowest BCUT2D eigenvalue weighted by atomic mass is 10.2. The van der Waals surface area contributed by atoms with Crippen LogP contribution in [0.3, 0.4) is 0 Å². The van der Waals surface area contributed by atoms with E-state index in [0.29, 0.717) is 0 Å². The SMILES string of the molecule is CN(Cc1cn(S(=O)(=O)c2ccccc2)c(-c2cccnc2Cl)c1F)C(=O)O. The Balaban J connectivity index is 2.27. The zero-order valence-corrected chi connectivity index (χ0v) is 16.2. The fraction of sp³-hybridized carbons (Fsp3) is 0.111. The monoisotopic (exact) mass is 423 g/mol. The van der Waals surface area contributed by atoms with Crippen LogP contribution in [-0.4, -0.2) is 40.5 Å². The fourth-order valence-electron chi connectivity index (χ4n) is 2.64. The van der Waals surface area contributed by atoms with Gasteiger partial charge in [-0.3, -0.25) is 0 Å². The van der Waals surface area contributed by atoms with Crippen LogP contribution in [0, 0.1) is 5.82 Å². The Morgan fingerprint density at radius 3 is 2.54 bits per heavy atom. The average Bonchev–Trinajstić information content (AvgIpc) is 3.00. The fourth-order valence-corrected chi connectivity index (χ4v) is 4.26. The van der Waals surface area contributed by atoms with Crippen LogP contribution < -0.4 is 0 Å². The quantitative estimate of drug-likeness (QED) is 0.632. The summed E-state index contributed by atoms with van der Waals surface area (Å²) < 4.78 is 42.3. The minimum atomic E-state index is -4.17. The second-order valence-corrected chi connectivity index (χ2v) is 8.08. The van der Waals surface area contributed by atoms with E-state index in [1.54, 1.807) is 18.2 Å². The Morgan fingerprint density at radius 2 is 1.93 bits per heavy atom. The lowest BCUT2D eigenvalue weighted by molar-refractivity contribution is 0.153. The maximum Gasteiger partial charge on any atom is 0.407 e. The zero-order chi connectivity index (χ0) is 20.5. The Hall–Kier alpha value is -2.91. The first-order valence-electron chi connectivity index (χ1n) is 7.98. The summed E-state index contributed by atoms with van der Waals surface area (Å²) in [6.07, 6.45) is 1.18. The highest BCUT2D eigenvalue weighted by Crippen LogP contribution is 2.34. The number of halogens is 2. The van der Waals surface area contributed by atoms with Crippen LogP contribution in [0.2, 0.25) is 5.15 Å². The summed E-state index contributed by atoms with van der Waals surface area (Å²) in [6, 6.07) is 10.4. The van der Waals surface area contributed by atoms with Gasteiger partial charge in [0.05, 0.1) is 11.4 Å². The highest BCUT2D eigenvalue weighted by molar-refractivity contribution is 7.90. The van der Waals surface area contributed by atoms with Crippen LogP contribution in [0.1, 0.15) is 5.56 Å². The van der Waals surface area contributed by atoms with E-state index in [4.69, 9.17) is 16.7 Å². The number of rotatable bonds is 5. The number of benzene rings is 1. The van der Waals surface area contributed by atoms with Crippen molar-refractivity contribution in [1.29, 1.82) is 0 Å². The Morgan fingerprint density at radius 1 is 1.25 bits per heavy atom. The molecule has 0 unspecified atom stereocenters. The molecule has 3 rings (SSSR count). The van der Waals surface area contributed by atoms with E-state index in [1.807, 2.05) is 0 Å². The number of aromatic nitrogens is 2. The summed E-state index contributed by atoms with van der Waals surface area (Å²) in [5.74, 6) is -0.887. The van der Waals surface area contributed by atoms with Crippen molar-refractivity contribution in [3.05, 3.63) is 71.4 Å². The summed E-state index contributed by atoms with van der Waals surface area (Å²) in [5, 5.41) is 8.98. The normalized spacial score (nSPS) is 11.4. The third kappa shape index (κ3) is 3.58. The topological polar surface area (TPSA) is 92.5 Å². The molecular weight excluding hydrogens is 409 g/mol. The van der Waals surface area contributed by atoms with Gasteiger partial charge in [-0.1, -0.05) is 29.8 Å².